The van der Waals surface area contributed by atoms with E-state index in [9.17, 15) is 0 Å². The molecule has 0 aliphatic heterocycles. The van der Waals surface area contributed by atoms with Gasteiger partial charge in [0.15, 0.2) is 0 Å². The number of rotatable bonds is 3. The van der Waals surface area contributed by atoms with Crippen LogP contribution < -0.4 is 10.6 Å². The van der Waals surface area contributed by atoms with Gasteiger partial charge in [0.2, 0.25) is 5.95 Å². The Labute approximate surface area is 89.2 Å². The second-order valence-electron chi connectivity index (χ2n) is 3.07. The summed E-state index contributed by atoms with van der Waals surface area (Å²) in [5, 5.41) is 0. The van der Waals surface area contributed by atoms with E-state index in [1.807, 2.05) is 25.8 Å². The van der Waals surface area contributed by atoms with Crippen LogP contribution in [0.4, 0.5) is 5.95 Å². The van der Waals surface area contributed by atoms with Gasteiger partial charge in [0, 0.05) is 19.3 Å². The minimum Gasteiger partial charge on any atom is -0.388 e. The smallest absolute Gasteiger partial charge is 0.225 e. The van der Waals surface area contributed by atoms with E-state index in [4.69, 9.17) is 18.0 Å². The number of anilines is 1. The summed E-state index contributed by atoms with van der Waals surface area (Å²) in [6.07, 6.45) is 0. The first-order valence-corrected chi connectivity index (χ1v) is 4.82. The molecule has 0 radical (unpaired) electrons. The fourth-order valence-corrected chi connectivity index (χ4v) is 1.10. The molecule has 1 aromatic heterocycles. The summed E-state index contributed by atoms with van der Waals surface area (Å²) in [6, 6.07) is 1.79. The average Bonchev–Trinajstić information content (AvgIpc) is 2.15. The van der Waals surface area contributed by atoms with Crippen LogP contribution in [0.3, 0.4) is 0 Å². The highest BCUT2D eigenvalue weighted by atomic mass is 32.1. The van der Waals surface area contributed by atoms with Crippen LogP contribution in [-0.2, 0) is 0 Å². The lowest BCUT2D eigenvalue weighted by Crippen LogP contribution is -2.21. The maximum atomic E-state index is 5.52. The van der Waals surface area contributed by atoms with Gasteiger partial charge in [0.1, 0.15) is 10.7 Å². The Morgan fingerprint density at radius 1 is 1.57 bits per heavy atom. The van der Waals surface area contributed by atoms with Gasteiger partial charge in [-0.25, -0.2) is 9.97 Å². The summed E-state index contributed by atoms with van der Waals surface area (Å²) in [5.41, 5.74) is 7.02. The quantitative estimate of drug-likeness (QED) is 0.750. The standard InChI is InChI=1S/C9H14N4S/c1-4-13(3)9-11-6(2)5-7(12-9)8(10)14/h5H,4H2,1-3H3,(H2,10,14). The zero-order valence-electron chi connectivity index (χ0n) is 8.61. The molecule has 2 N–H and O–H groups in total. The van der Waals surface area contributed by atoms with E-state index in [2.05, 4.69) is 9.97 Å². The van der Waals surface area contributed by atoms with Crippen molar-refractivity contribution in [1.82, 2.24) is 9.97 Å². The molecule has 0 saturated heterocycles. The number of hydrogen-bond acceptors (Lipinski definition) is 4. The van der Waals surface area contributed by atoms with Crippen molar-refractivity contribution in [3.63, 3.8) is 0 Å². The molecule has 5 heteroatoms. The molecule has 0 aromatic carbocycles. The minimum atomic E-state index is 0.307. The molecule has 1 rings (SSSR count). The summed E-state index contributed by atoms with van der Waals surface area (Å²) >= 11 is 4.87. The third kappa shape index (κ3) is 2.38. The molecular weight excluding hydrogens is 196 g/mol. The maximum Gasteiger partial charge on any atom is 0.225 e. The fraction of sp³-hybridized carbons (Fsp3) is 0.444. The first-order valence-electron chi connectivity index (χ1n) is 4.41. The van der Waals surface area contributed by atoms with E-state index >= 15 is 0 Å². The molecule has 0 fully saturated rings. The molecule has 0 unspecified atom stereocenters. The molecule has 76 valence electrons. The Kier molecular flexibility index (Phi) is 3.35. The van der Waals surface area contributed by atoms with Crippen LogP contribution in [-0.4, -0.2) is 28.5 Å². The van der Waals surface area contributed by atoms with E-state index in [0.717, 1.165) is 12.2 Å². The Bertz CT molecular complexity index is 351. The van der Waals surface area contributed by atoms with Gasteiger partial charge < -0.3 is 10.6 Å². The van der Waals surface area contributed by atoms with E-state index in [-0.39, 0.29) is 0 Å². The Balaban J connectivity index is 3.13. The Morgan fingerprint density at radius 3 is 2.71 bits per heavy atom. The summed E-state index contributed by atoms with van der Waals surface area (Å²) in [4.78, 5) is 10.8. The van der Waals surface area contributed by atoms with Gasteiger partial charge in [-0.15, -0.1) is 0 Å². The van der Waals surface area contributed by atoms with Crippen molar-refractivity contribution in [2.45, 2.75) is 13.8 Å². The predicted molar refractivity (Wildman–Crippen MR) is 61.6 cm³/mol. The van der Waals surface area contributed by atoms with Gasteiger partial charge in [0.25, 0.3) is 0 Å². The van der Waals surface area contributed by atoms with E-state index in [0.29, 0.717) is 16.6 Å². The van der Waals surface area contributed by atoms with Crippen molar-refractivity contribution in [1.29, 1.82) is 0 Å². The molecular formula is C9H14N4S. The number of nitrogens with two attached hydrogens (primary N) is 1. The minimum absolute atomic E-state index is 0.307. The van der Waals surface area contributed by atoms with Gasteiger partial charge in [-0.2, -0.15) is 0 Å². The van der Waals surface area contributed by atoms with Gasteiger partial charge in [0.05, 0.1) is 0 Å². The number of hydrogen-bond donors (Lipinski definition) is 1. The first-order chi connectivity index (χ1) is 6.54. The van der Waals surface area contributed by atoms with Crippen LogP contribution in [0.5, 0.6) is 0 Å². The predicted octanol–water partition coefficient (Wildman–Crippen LogP) is 0.875. The van der Waals surface area contributed by atoms with Crippen LogP contribution in [0.15, 0.2) is 6.07 Å². The van der Waals surface area contributed by atoms with Gasteiger partial charge in [-0.05, 0) is 19.9 Å². The van der Waals surface area contributed by atoms with Crippen molar-refractivity contribution >= 4 is 23.2 Å². The summed E-state index contributed by atoms with van der Waals surface area (Å²) in [6.45, 7) is 4.78. The highest BCUT2D eigenvalue weighted by molar-refractivity contribution is 7.80. The Morgan fingerprint density at radius 2 is 2.21 bits per heavy atom. The third-order valence-corrected chi connectivity index (χ3v) is 2.12. The van der Waals surface area contributed by atoms with Crippen molar-refractivity contribution < 1.29 is 0 Å². The molecule has 4 nitrogen and oxygen atoms in total. The number of nitrogens with zero attached hydrogens (tertiary/aromatic N) is 3. The molecule has 1 aromatic rings. The molecule has 0 spiro atoms. The first kappa shape index (κ1) is 10.8. The lowest BCUT2D eigenvalue weighted by atomic mass is 10.3. The topological polar surface area (TPSA) is 55.0 Å². The molecule has 0 amide bonds. The zero-order valence-corrected chi connectivity index (χ0v) is 9.43. The van der Waals surface area contributed by atoms with Crippen LogP contribution in [0.1, 0.15) is 18.3 Å². The number of aryl methyl sites for hydroxylation is 1. The SMILES string of the molecule is CCN(C)c1nc(C)cc(C(N)=S)n1. The molecule has 0 bridgehead atoms. The Hall–Kier alpha value is -1.23. The average molecular weight is 210 g/mol. The molecule has 0 aliphatic carbocycles. The summed E-state index contributed by atoms with van der Waals surface area (Å²) < 4.78 is 0. The van der Waals surface area contributed by atoms with Crippen molar-refractivity contribution in [3.05, 3.63) is 17.5 Å². The third-order valence-electron chi connectivity index (χ3n) is 1.91. The second-order valence-corrected chi connectivity index (χ2v) is 3.51. The van der Waals surface area contributed by atoms with Gasteiger partial charge in [-0.3, -0.25) is 0 Å². The van der Waals surface area contributed by atoms with Crippen LogP contribution >= 0.6 is 12.2 Å². The largest absolute Gasteiger partial charge is 0.388 e. The van der Waals surface area contributed by atoms with Crippen LogP contribution in [0, 0.1) is 6.92 Å². The van der Waals surface area contributed by atoms with Crippen molar-refractivity contribution in [2.24, 2.45) is 5.73 Å². The lowest BCUT2D eigenvalue weighted by Gasteiger charge is -2.15. The van der Waals surface area contributed by atoms with Gasteiger partial charge >= 0.3 is 0 Å². The molecule has 14 heavy (non-hydrogen) atoms. The zero-order chi connectivity index (χ0) is 10.7. The fourth-order valence-electron chi connectivity index (χ4n) is 0.991. The molecule has 0 aliphatic rings. The van der Waals surface area contributed by atoms with E-state index in [1.54, 1.807) is 6.07 Å². The van der Waals surface area contributed by atoms with Crippen molar-refractivity contribution in [3.8, 4) is 0 Å². The summed E-state index contributed by atoms with van der Waals surface area (Å²) in [5.74, 6) is 0.662. The number of thiocarbonyl (C=S) groups is 1. The molecule has 0 atom stereocenters. The summed E-state index contributed by atoms with van der Waals surface area (Å²) in [7, 11) is 1.93. The monoisotopic (exact) mass is 210 g/mol. The number of aromatic nitrogens is 2. The molecule has 1 heterocycles. The van der Waals surface area contributed by atoms with Crippen LogP contribution in [0.25, 0.3) is 0 Å². The van der Waals surface area contributed by atoms with Gasteiger partial charge in [-0.1, -0.05) is 12.2 Å². The second kappa shape index (κ2) is 4.32. The van der Waals surface area contributed by atoms with E-state index < -0.39 is 0 Å². The van der Waals surface area contributed by atoms with E-state index in [1.165, 1.54) is 0 Å². The highest BCUT2D eigenvalue weighted by Crippen LogP contribution is 2.08. The maximum absolute atomic E-state index is 5.52. The van der Waals surface area contributed by atoms with Crippen LogP contribution in [0.2, 0.25) is 0 Å². The highest BCUT2D eigenvalue weighted by Gasteiger charge is 2.06. The van der Waals surface area contributed by atoms with Crippen molar-refractivity contribution in [2.75, 3.05) is 18.5 Å². The normalized spacial score (nSPS) is 9.93. The molecule has 0 saturated carbocycles. The lowest BCUT2D eigenvalue weighted by molar-refractivity contribution is 0.889.